The molecule has 2 saturated heterocycles. The minimum absolute atomic E-state index is 0.0733. The highest BCUT2D eigenvalue weighted by Gasteiger charge is 2.41. The van der Waals surface area contributed by atoms with Crippen LogP contribution in [-0.2, 0) is 16.0 Å². The van der Waals surface area contributed by atoms with Crippen LogP contribution in [0.4, 0.5) is 0 Å². The van der Waals surface area contributed by atoms with Crippen LogP contribution in [-0.4, -0.2) is 48.9 Å². The molecular weight excluding hydrogens is 406 g/mol. The van der Waals surface area contributed by atoms with Gasteiger partial charge >= 0.3 is 5.97 Å². The van der Waals surface area contributed by atoms with Gasteiger partial charge < -0.3 is 19.3 Å². The van der Waals surface area contributed by atoms with Gasteiger partial charge in [0.15, 0.2) is 11.5 Å². The van der Waals surface area contributed by atoms with Gasteiger partial charge in [0.2, 0.25) is 0 Å². The number of hydrogen-bond acceptors (Lipinski definition) is 6. The molecule has 3 aliphatic rings. The molecule has 170 valence electrons. The zero-order valence-corrected chi connectivity index (χ0v) is 18.8. The lowest BCUT2D eigenvalue weighted by molar-refractivity contribution is -0.154. The Morgan fingerprint density at radius 2 is 1.94 bits per heavy atom. The quantitative estimate of drug-likeness (QED) is 0.692. The first-order chi connectivity index (χ1) is 15.6. The van der Waals surface area contributed by atoms with Crippen molar-refractivity contribution < 1.29 is 24.1 Å². The van der Waals surface area contributed by atoms with Crippen molar-refractivity contribution in [3.8, 4) is 28.4 Å². The number of carbonyl (C=O) groups excluding carboxylic acids is 1. The number of rotatable bonds is 2. The summed E-state index contributed by atoms with van der Waals surface area (Å²) in [5.74, 6) is 1.32. The molecule has 4 bridgehead atoms. The average Bonchev–Trinajstić information content (AvgIpc) is 2.81. The number of carbonyl (C=O) groups is 1. The molecule has 1 N–H and O–H groups in total. The molecule has 3 heterocycles. The number of aromatic hydroxyl groups is 1. The van der Waals surface area contributed by atoms with Crippen LogP contribution in [0, 0.1) is 0 Å². The molecule has 6 heteroatoms. The molecule has 0 saturated carbocycles. The van der Waals surface area contributed by atoms with Gasteiger partial charge in [-0.15, -0.1) is 0 Å². The fourth-order valence-electron chi connectivity index (χ4n) is 5.80. The Morgan fingerprint density at radius 1 is 1.06 bits per heavy atom. The standard InChI is InChI=1S/C26H31NO5/c1-30-23-10-8-19-21-15-18(14-17-5-3-4-12-27(17)21)32-24(29)11-7-16-6-9-22(28)20(13-16)25(19)26(23)31-2/h6,8-10,13,17-18,21,28H,3-5,7,11-12,14-15H2,1-2H3/t17-,18-,21-/m0/s1. The number of piperidine rings is 2. The third-order valence-corrected chi connectivity index (χ3v) is 7.28. The van der Waals surface area contributed by atoms with Crippen molar-refractivity contribution in [3.05, 3.63) is 41.5 Å². The topological polar surface area (TPSA) is 68.2 Å². The van der Waals surface area contributed by atoms with Gasteiger partial charge in [0.25, 0.3) is 0 Å². The molecule has 5 rings (SSSR count). The van der Waals surface area contributed by atoms with E-state index in [1.54, 1.807) is 20.3 Å². The fourth-order valence-corrected chi connectivity index (χ4v) is 5.80. The highest BCUT2D eigenvalue weighted by Crippen LogP contribution is 2.50. The Hall–Kier alpha value is -2.73. The molecule has 2 aromatic carbocycles. The lowest BCUT2D eigenvalue weighted by atomic mass is 9.81. The smallest absolute Gasteiger partial charge is 0.306 e. The van der Waals surface area contributed by atoms with Gasteiger partial charge in [-0.25, -0.2) is 0 Å². The maximum absolute atomic E-state index is 12.6. The molecule has 0 spiro atoms. The van der Waals surface area contributed by atoms with E-state index < -0.39 is 0 Å². The molecule has 0 unspecified atom stereocenters. The van der Waals surface area contributed by atoms with E-state index in [1.807, 2.05) is 18.2 Å². The molecule has 6 nitrogen and oxygen atoms in total. The third kappa shape index (κ3) is 3.71. The molecule has 0 aromatic heterocycles. The minimum atomic E-state index is -0.138. The van der Waals surface area contributed by atoms with E-state index in [9.17, 15) is 9.90 Å². The van der Waals surface area contributed by atoms with Crippen LogP contribution >= 0.6 is 0 Å². The van der Waals surface area contributed by atoms with Crippen LogP contribution in [0.5, 0.6) is 17.2 Å². The van der Waals surface area contributed by atoms with Crippen LogP contribution < -0.4 is 9.47 Å². The molecule has 2 aromatic rings. The summed E-state index contributed by atoms with van der Waals surface area (Å²) < 4.78 is 17.5. The molecule has 3 atom stereocenters. The second kappa shape index (κ2) is 8.66. The van der Waals surface area contributed by atoms with Crippen LogP contribution in [0.2, 0.25) is 0 Å². The van der Waals surface area contributed by atoms with E-state index in [0.29, 0.717) is 30.4 Å². The van der Waals surface area contributed by atoms with E-state index in [2.05, 4.69) is 11.0 Å². The first-order valence-electron chi connectivity index (χ1n) is 11.6. The number of phenols is 1. The van der Waals surface area contributed by atoms with E-state index in [0.717, 1.165) is 48.1 Å². The number of hydrogen-bond donors (Lipinski definition) is 1. The first-order valence-corrected chi connectivity index (χ1v) is 11.6. The second-order valence-corrected chi connectivity index (χ2v) is 9.10. The van der Waals surface area contributed by atoms with Crippen molar-refractivity contribution in [2.24, 2.45) is 0 Å². The largest absolute Gasteiger partial charge is 0.507 e. The summed E-state index contributed by atoms with van der Waals surface area (Å²) in [4.78, 5) is 15.2. The van der Waals surface area contributed by atoms with Gasteiger partial charge in [-0.1, -0.05) is 18.6 Å². The number of nitrogens with zero attached hydrogens (tertiary/aromatic N) is 1. The molecule has 0 amide bonds. The highest BCUT2D eigenvalue weighted by atomic mass is 16.5. The summed E-state index contributed by atoms with van der Waals surface area (Å²) in [7, 11) is 3.27. The van der Waals surface area contributed by atoms with Crippen LogP contribution in [0.3, 0.4) is 0 Å². The Kier molecular flexibility index (Phi) is 5.72. The van der Waals surface area contributed by atoms with Gasteiger partial charge in [0.1, 0.15) is 11.9 Å². The van der Waals surface area contributed by atoms with Crippen molar-refractivity contribution in [3.63, 3.8) is 0 Å². The molecule has 2 fully saturated rings. The molecule has 32 heavy (non-hydrogen) atoms. The zero-order valence-electron chi connectivity index (χ0n) is 18.8. The van der Waals surface area contributed by atoms with E-state index >= 15 is 0 Å². The summed E-state index contributed by atoms with van der Waals surface area (Å²) >= 11 is 0. The van der Waals surface area contributed by atoms with Crippen LogP contribution in [0.25, 0.3) is 11.1 Å². The summed E-state index contributed by atoms with van der Waals surface area (Å²) in [6, 6.07) is 10.0. The SMILES string of the molecule is COc1ccc2c(c1OC)-c1cc(ccc1O)CCC(=O)O[C@H]1C[C@@H]3CCCCN3[C@H]2C1. The second-order valence-electron chi connectivity index (χ2n) is 9.10. The van der Waals surface area contributed by atoms with Gasteiger partial charge in [-0.3, -0.25) is 9.69 Å². The Labute approximate surface area is 189 Å². The van der Waals surface area contributed by atoms with E-state index in [1.165, 1.54) is 12.8 Å². The average molecular weight is 438 g/mol. The Morgan fingerprint density at radius 3 is 2.75 bits per heavy atom. The number of ether oxygens (including phenoxy) is 3. The van der Waals surface area contributed by atoms with Crippen molar-refractivity contribution in [1.82, 2.24) is 4.90 Å². The van der Waals surface area contributed by atoms with E-state index in [4.69, 9.17) is 14.2 Å². The van der Waals surface area contributed by atoms with Crippen molar-refractivity contribution in [1.29, 1.82) is 0 Å². The maximum Gasteiger partial charge on any atom is 0.306 e. The van der Waals surface area contributed by atoms with Gasteiger partial charge in [0.05, 0.1) is 14.2 Å². The van der Waals surface area contributed by atoms with Crippen molar-refractivity contribution >= 4 is 5.97 Å². The van der Waals surface area contributed by atoms with Gasteiger partial charge in [0, 0.05) is 42.5 Å². The van der Waals surface area contributed by atoms with Gasteiger partial charge in [-0.2, -0.15) is 0 Å². The summed E-state index contributed by atoms with van der Waals surface area (Å²) in [5.41, 5.74) is 3.65. The maximum atomic E-state index is 12.6. The predicted molar refractivity (Wildman–Crippen MR) is 121 cm³/mol. The number of esters is 1. The van der Waals surface area contributed by atoms with Gasteiger partial charge in [-0.05, 0) is 55.1 Å². The molecule has 0 radical (unpaired) electrons. The lowest BCUT2D eigenvalue weighted by Gasteiger charge is -2.48. The minimum Gasteiger partial charge on any atom is -0.507 e. The predicted octanol–water partition coefficient (Wildman–Crippen LogP) is 4.62. The van der Waals surface area contributed by atoms with Crippen molar-refractivity contribution in [2.75, 3.05) is 20.8 Å². The monoisotopic (exact) mass is 437 g/mol. The van der Waals surface area contributed by atoms with E-state index in [-0.39, 0.29) is 23.9 Å². The highest BCUT2D eigenvalue weighted by molar-refractivity contribution is 5.82. The Bertz CT molecular complexity index is 1020. The van der Waals surface area contributed by atoms with Crippen LogP contribution in [0.15, 0.2) is 30.3 Å². The summed E-state index contributed by atoms with van der Waals surface area (Å²) in [6.07, 6.45) is 5.93. The molecule has 3 aliphatic heterocycles. The first kappa shape index (κ1) is 21.1. The Balaban J connectivity index is 1.75. The summed E-state index contributed by atoms with van der Waals surface area (Å²) in [6.45, 7) is 1.02. The van der Waals surface area contributed by atoms with Crippen molar-refractivity contribution in [2.45, 2.75) is 63.1 Å². The number of methoxy groups -OCH3 is 2. The number of fused-ring (bicyclic) bond motifs is 9. The lowest BCUT2D eigenvalue weighted by Crippen LogP contribution is -2.49. The molecule has 0 aliphatic carbocycles. The number of phenolic OH excluding ortho intramolecular Hbond substituents is 1. The zero-order chi connectivity index (χ0) is 22.2. The number of benzene rings is 2. The fraction of sp³-hybridized carbons (Fsp3) is 0.500. The third-order valence-electron chi connectivity index (χ3n) is 7.28. The summed E-state index contributed by atoms with van der Waals surface area (Å²) in [5, 5.41) is 10.9. The molecular formula is C26H31NO5. The number of aryl methyl sites for hydroxylation is 1. The van der Waals surface area contributed by atoms with Crippen LogP contribution in [0.1, 0.15) is 55.7 Å². The normalized spacial score (nSPS) is 25.4.